The largest absolute Gasteiger partial charge is 0.416 e. The Morgan fingerprint density at radius 2 is 2.10 bits per heavy atom. The summed E-state index contributed by atoms with van der Waals surface area (Å²) in [5.41, 5.74) is -0.854. The Hall–Kier alpha value is -1.27. The van der Waals surface area contributed by atoms with Gasteiger partial charge < -0.3 is 10.6 Å². The zero-order valence-corrected chi connectivity index (χ0v) is 11.3. The minimum Gasteiger partial charge on any atom is -0.323 e. The van der Waals surface area contributed by atoms with Gasteiger partial charge in [-0.25, -0.2) is 0 Å². The van der Waals surface area contributed by atoms with E-state index in [4.69, 9.17) is 11.6 Å². The van der Waals surface area contributed by atoms with Crippen molar-refractivity contribution in [2.75, 3.05) is 11.9 Å². The van der Waals surface area contributed by atoms with E-state index in [9.17, 15) is 18.0 Å². The molecule has 0 aromatic heterocycles. The van der Waals surface area contributed by atoms with E-state index in [0.717, 1.165) is 37.6 Å². The number of nitrogens with one attached hydrogen (secondary N) is 2. The molecule has 1 atom stereocenters. The van der Waals surface area contributed by atoms with Crippen molar-refractivity contribution in [3.05, 3.63) is 28.8 Å². The molecule has 1 aliphatic heterocycles. The third-order valence-corrected chi connectivity index (χ3v) is 3.51. The van der Waals surface area contributed by atoms with Gasteiger partial charge in [0.2, 0.25) is 5.91 Å². The van der Waals surface area contributed by atoms with Crippen molar-refractivity contribution in [1.82, 2.24) is 5.32 Å². The van der Waals surface area contributed by atoms with Crippen LogP contribution in [0.1, 0.15) is 24.8 Å². The summed E-state index contributed by atoms with van der Waals surface area (Å²) in [6, 6.07) is 2.49. The van der Waals surface area contributed by atoms with Gasteiger partial charge >= 0.3 is 6.18 Å². The normalized spacial score (nSPS) is 19.7. The summed E-state index contributed by atoms with van der Waals surface area (Å²) in [7, 11) is 0. The minimum atomic E-state index is -4.47. The molecule has 2 N–H and O–H groups in total. The third-order valence-electron chi connectivity index (χ3n) is 3.18. The number of halogens is 4. The number of amides is 1. The summed E-state index contributed by atoms with van der Waals surface area (Å²) in [5.74, 6) is -0.356. The molecule has 0 spiro atoms. The molecule has 1 aromatic rings. The van der Waals surface area contributed by atoms with Crippen LogP contribution in [-0.2, 0) is 11.0 Å². The van der Waals surface area contributed by atoms with Crippen LogP contribution in [0, 0.1) is 0 Å². The van der Waals surface area contributed by atoms with Gasteiger partial charge in [-0.2, -0.15) is 13.2 Å². The highest BCUT2D eigenvalue weighted by molar-refractivity contribution is 6.33. The molecular formula is C13H14ClF3N2O. The average molecular weight is 307 g/mol. The topological polar surface area (TPSA) is 41.1 Å². The maximum absolute atomic E-state index is 12.6. The molecule has 20 heavy (non-hydrogen) atoms. The summed E-state index contributed by atoms with van der Waals surface area (Å²) in [5, 5.41) is 5.57. The second kappa shape index (κ2) is 6.01. The number of anilines is 1. The SMILES string of the molecule is O=C(Nc1cc(C(F)(F)F)ccc1Cl)[C@H]1CCCCN1. The summed E-state index contributed by atoms with van der Waals surface area (Å²) in [6.45, 7) is 0.731. The van der Waals surface area contributed by atoms with E-state index < -0.39 is 11.7 Å². The molecule has 1 fully saturated rings. The van der Waals surface area contributed by atoms with Gasteiger partial charge in [0.15, 0.2) is 0 Å². The van der Waals surface area contributed by atoms with E-state index in [1.165, 1.54) is 0 Å². The van der Waals surface area contributed by atoms with E-state index in [0.29, 0.717) is 6.42 Å². The maximum atomic E-state index is 12.6. The van der Waals surface area contributed by atoms with Crippen molar-refractivity contribution >= 4 is 23.2 Å². The Morgan fingerprint density at radius 1 is 1.35 bits per heavy atom. The van der Waals surface area contributed by atoms with Crippen LogP contribution in [0.15, 0.2) is 18.2 Å². The van der Waals surface area contributed by atoms with Crippen LogP contribution < -0.4 is 10.6 Å². The monoisotopic (exact) mass is 306 g/mol. The Labute approximate surface area is 119 Å². The van der Waals surface area contributed by atoms with Crippen LogP contribution in [0.3, 0.4) is 0 Å². The highest BCUT2D eigenvalue weighted by Crippen LogP contribution is 2.33. The van der Waals surface area contributed by atoms with Gasteiger partial charge in [-0.3, -0.25) is 4.79 Å². The van der Waals surface area contributed by atoms with Gasteiger partial charge in [0, 0.05) is 0 Å². The van der Waals surface area contributed by atoms with Gasteiger partial charge in [-0.05, 0) is 37.6 Å². The minimum absolute atomic E-state index is 0.0149. The molecule has 3 nitrogen and oxygen atoms in total. The summed E-state index contributed by atoms with van der Waals surface area (Å²) < 4.78 is 37.9. The summed E-state index contributed by atoms with van der Waals surface area (Å²) >= 11 is 5.83. The lowest BCUT2D eigenvalue weighted by Gasteiger charge is -2.23. The van der Waals surface area contributed by atoms with E-state index in [2.05, 4.69) is 10.6 Å². The van der Waals surface area contributed by atoms with Crippen molar-refractivity contribution in [2.24, 2.45) is 0 Å². The van der Waals surface area contributed by atoms with Crippen molar-refractivity contribution < 1.29 is 18.0 Å². The van der Waals surface area contributed by atoms with Gasteiger partial charge in [0.25, 0.3) is 0 Å². The fourth-order valence-electron chi connectivity index (χ4n) is 2.09. The zero-order chi connectivity index (χ0) is 14.8. The van der Waals surface area contributed by atoms with Crippen LogP contribution in [-0.4, -0.2) is 18.5 Å². The van der Waals surface area contributed by atoms with Crippen molar-refractivity contribution in [1.29, 1.82) is 0 Å². The van der Waals surface area contributed by atoms with Crippen LogP contribution in [0.5, 0.6) is 0 Å². The predicted molar refractivity (Wildman–Crippen MR) is 70.7 cm³/mol. The quantitative estimate of drug-likeness (QED) is 0.879. The molecule has 1 saturated heterocycles. The van der Waals surface area contributed by atoms with Crippen molar-refractivity contribution in [2.45, 2.75) is 31.5 Å². The fourth-order valence-corrected chi connectivity index (χ4v) is 2.26. The number of carbonyl (C=O) groups excluding carboxylic acids is 1. The van der Waals surface area contributed by atoms with Crippen molar-refractivity contribution in [3.8, 4) is 0 Å². The maximum Gasteiger partial charge on any atom is 0.416 e. The first-order chi connectivity index (χ1) is 9.38. The summed E-state index contributed by atoms with van der Waals surface area (Å²) in [4.78, 5) is 12.0. The molecule has 0 aliphatic carbocycles. The molecule has 1 aromatic carbocycles. The van der Waals surface area contributed by atoms with Crippen LogP contribution in [0.4, 0.5) is 18.9 Å². The Bertz CT molecular complexity index is 499. The second-order valence-corrected chi connectivity index (χ2v) is 5.09. The molecule has 7 heteroatoms. The average Bonchev–Trinajstić information content (AvgIpc) is 2.41. The van der Waals surface area contributed by atoms with Crippen LogP contribution in [0.25, 0.3) is 0 Å². The van der Waals surface area contributed by atoms with Crippen LogP contribution in [0.2, 0.25) is 5.02 Å². The van der Waals surface area contributed by atoms with Gasteiger partial charge in [-0.15, -0.1) is 0 Å². The molecule has 0 saturated carbocycles. The lowest BCUT2D eigenvalue weighted by atomic mass is 10.0. The molecule has 0 unspecified atom stereocenters. The van der Waals surface area contributed by atoms with Gasteiger partial charge in [-0.1, -0.05) is 18.0 Å². The van der Waals surface area contributed by atoms with Gasteiger partial charge in [0.1, 0.15) is 0 Å². The predicted octanol–water partition coefficient (Wildman–Crippen LogP) is 3.44. The lowest BCUT2D eigenvalue weighted by Crippen LogP contribution is -2.43. The van der Waals surface area contributed by atoms with Gasteiger partial charge in [0.05, 0.1) is 22.3 Å². The highest BCUT2D eigenvalue weighted by atomic mass is 35.5. The standard InChI is InChI=1S/C13H14ClF3N2O/c14-9-5-4-8(13(15,16)17)7-11(9)19-12(20)10-3-1-2-6-18-10/h4-5,7,10,18H,1-3,6H2,(H,19,20)/t10-/m1/s1. The molecule has 2 rings (SSSR count). The number of carbonyl (C=O) groups is 1. The number of rotatable bonds is 2. The number of piperidine rings is 1. The van der Waals surface area contributed by atoms with E-state index in [-0.39, 0.29) is 22.7 Å². The third kappa shape index (κ3) is 3.64. The fraction of sp³-hybridized carbons (Fsp3) is 0.462. The van der Waals surface area contributed by atoms with Crippen molar-refractivity contribution in [3.63, 3.8) is 0 Å². The molecular weight excluding hydrogens is 293 g/mol. The lowest BCUT2D eigenvalue weighted by molar-refractivity contribution is -0.137. The van der Waals surface area contributed by atoms with E-state index in [1.54, 1.807) is 0 Å². The number of hydrogen-bond acceptors (Lipinski definition) is 2. The smallest absolute Gasteiger partial charge is 0.323 e. The first-order valence-electron chi connectivity index (χ1n) is 6.29. The molecule has 0 radical (unpaired) electrons. The molecule has 1 heterocycles. The Morgan fingerprint density at radius 3 is 2.70 bits per heavy atom. The van der Waals surface area contributed by atoms with E-state index in [1.807, 2.05) is 0 Å². The Kier molecular flexibility index (Phi) is 4.55. The van der Waals surface area contributed by atoms with E-state index >= 15 is 0 Å². The first kappa shape index (κ1) is 15.1. The summed E-state index contributed by atoms with van der Waals surface area (Å²) in [6.07, 6.45) is -1.88. The molecule has 1 amide bonds. The molecule has 0 bridgehead atoms. The number of alkyl halides is 3. The number of benzene rings is 1. The highest BCUT2D eigenvalue weighted by Gasteiger charge is 2.31. The zero-order valence-electron chi connectivity index (χ0n) is 10.6. The second-order valence-electron chi connectivity index (χ2n) is 4.68. The Balaban J connectivity index is 2.13. The molecule has 1 aliphatic rings. The number of hydrogen-bond donors (Lipinski definition) is 2. The first-order valence-corrected chi connectivity index (χ1v) is 6.67. The molecule has 110 valence electrons. The van der Waals surface area contributed by atoms with Crippen LogP contribution >= 0.6 is 11.6 Å².